The Balaban J connectivity index is 1.94. The molecule has 2 N–H and O–H groups in total. The summed E-state index contributed by atoms with van der Waals surface area (Å²) >= 11 is 0. The van der Waals surface area contributed by atoms with Gasteiger partial charge in [-0.05, 0) is 64.7 Å². The highest BCUT2D eigenvalue weighted by Crippen LogP contribution is 2.34. The van der Waals surface area contributed by atoms with Crippen molar-refractivity contribution in [3.63, 3.8) is 0 Å². The fraction of sp³-hybridized carbons (Fsp3) is 0.130. The third-order valence-electron chi connectivity index (χ3n) is 4.91. The van der Waals surface area contributed by atoms with Crippen molar-refractivity contribution < 1.29 is 10.2 Å². The third kappa shape index (κ3) is 2.70. The Hall–Kier alpha value is -3.00. The van der Waals surface area contributed by atoms with E-state index in [0.717, 1.165) is 38.2 Å². The second-order valence-corrected chi connectivity index (χ2v) is 6.74. The van der Waals surface area contributed by atoms with Crippen molar-refractivity contribution >= 4 is 21.5 Å². The summed E-state index contributed by atoms with van der Waals surface area (Å²) in [6.07, 6.45) is 0.570. The van der Waals surface area contributed by atoms with E-state index in [-0.39, 0.29) is 5.75 Å². The maximum absolute atomic E-state index is 10.5. The molecule has 0 saturated heterocycles. The normalized spacial score (nSPS) is 11.3. The maximum Gasteiger partial charge on any atom is 0.119 e. The molecule has 0 unspecified atom stereocenters. The van der Waals surface area contributed by atoms with Gasteiger partial charge in [0.1, 0.15) is 11.5 Å². The first-order valence-corrected chi connectivity index (χ1v) is 8.45. The van der Waals surface area contributed by atoms with Gasteiger partial charge in [0.15, 0.2) is 0 Å². The van der Waals surface area contributed by atoms with Gasteiger partial charge >= 0.3 is 0 Å². The lowest BCUT2D eigenvalue weighted by Crippen LogP contribution is -1.94. The molecule has 0 fully saturated rings. The van der Waals surface area contributed by atoms with Crippen LogP contribution in [0.1, 0.15) is 22.3 Å². The summed E-state index contributed by atoms with van der Waals surface area (Å²) in [5.41, 5.74) is 4.24. The number of rotatable bonds is 2. The van der Waals surface area contributed by atoms with E-state index in [2.05, 4.69) is 31.2 Å². The van der Waals surface area contributed by atoms with Crippen molar-refractivity contribution in [2.24, 2.45) is 0 Å². The molecule has 4 rings (SSSR count). The van der Waals surface area contributed by atoms with Crippen molar-refractivity contribution in [2.45, 2.75) is 20.3 Å². The van der Waals surface area contributed by atoms with Gasteiger partial charge in [0, 0.05) is 12.0 Å². The van der Waals surface area contributed by atoms with Crippen LogP contribution in [0.25, 0.3) is 21.5 Å². The Labute approximate surface area is 147 Å². The standard InChI is InChI=1S/C23H20O2/c1-14-6-8-20-16(10-14)7-9-23(25)22(20)12-17-11-18(24)13-21-15(2)4-3-5-19(17)21/h3-11,13,24-25H,12H2,1-2H3. The topological polar surface area (TPSA) is 40.5 Å². The van der Waals surface area contributed by atoms with Crippen molar-refractivity contribution in [1.29, 1.82) is 0 Å². The molecule has 0 aromatic heterocycles. The van der Waals surface area contributed by atoms with Crippen LogP contribution in [-0.4, -0.2) is 10.2 Å². The van der Waals surface area contributed by atoms with E-state index in [0.29, 0.717) is 12.2 Å². The number of hydrogen-bond acceptors (Lipinski definition) is 2. The average molecular weight is 328 g/mol. The van der Waals surface area contributed by atoms with Crippen LogP contribution in [0.15, 0.2) is 60.7 Å². The summed E-state index contributed by atoms with van der Waals surface area (Å²) in [5.74, 6) is 0.549. The molecular weight excluding hydrogens is 308 g/mol. The highest BCUT2D eigenvalue weighted by atomic mass is 16.3. The Bertz CT molecular complexity index is 1110. The SMILES string of the molecule is Cc1ccc2c(Cc3cc(O)cc4c(C)cccc34)c(O)ccc2c1. The summed E-state index contributed by atoms with van der Waals surface area (Å²) < 4.78 is 0. The molecule has 0 heterocycles. The Morgan fingerprint density at radius 2 is 1.60 bits per heavy atom. The molecular formula is C23H20O2. The van der Waals surface area contributed by atoms with Crippen molar-refractivity contribution in [3.05, 3.63) is 82.9 Å². The number of aromatic hydroxyl groups is 2. The summed E-state index contributed by atoms with van der Waals surface area (Å²) in [6, 6.07) is 19.7. The monoisotopic (exact) mass is 328 g/mol. The van der Waals surface area contributed by atoms with E-state index < -0.39 is 0 Å². The molecule has 25 heavy (non-hydrogen) atoms. The summed E-state index contributed by atoms with van der Waals surface area (Å²) in [6.45, 7) is 4.11. The highest BCUT2D eigenvalue weighted by Gasteiger charge is 2.12. The van der Waals surface area contributed by atoms with Crippen LogP contribution < -0.4 is 0 Å². The molecule has 0 bridgehead atoms. The Kier molecular flexibility index (Phi) is 3.61. The minimum absolute atomic E-state index is 0.257. The van der Waals surface area contributed by atoms with Gasteiger partial charge in [-0.2, -0.15) is 0 Å². The molecule has 2 heteroatoms. The Morgan fingerprint density at radius 3 is 2.44 bits per heavy atom. The van der Waals surface area contributed by atoms with E-state index in [4.69, 9.17) is 0 Å². The fourth-order valence-corrected chi connectivity index (χ4v) is 3.62. The number of phenolic OH excluding ortho intramolecular Hbond substituents is 2. The fourth-order valence-electron chi connectivity index (χ4n) is 3.62. The van der Waals surface area contributed by atoms with Gasteiger partial charge in [0.2, 0.25) is 0 Å². The summed E-state index contributed by atoms with van der Waals surface area (Å²) in [7, 11) is 0. The van der Waals surface area contributed by atoms with Crippen molar-refractivity contribution in [2.75, 3.05) is 0 Å². The lowest BCUT2D eigenvalue weighted by Gasteiger charge is -2.13. The number of hydrogen-bond donors (Lipinski definition) is 2. The first-order chi connectivity index (χ1) is 12.0. The van der Waals surface area contributed by atoms with Gasteiger partial charge in [0.05, 0.1) is 0 Å². The van der Waals surface area contributed by atoms with Crippen LogP contribution in [-0.2, 0) is 6.42 Å². The van der Waals surface area contributed by atoms with E-state index in [9.17, 15) is 10.2 Å². The zero-order valence-electron chi connectivity index (χ0n) is 14.4. The number of fused-ring (bicyclic) bond motifs is 2. The minimum Gasteiger partial charge on any atom is -0.508 e. The van der Waals surface area contributed by atoms with Crippen LogP contribution in [0.5, 0.6) is 11.5 Å². The van der Waals surface area contributed by atoms with E-state index in [1.165, 1.54) is 5.56 Å². The molecule has 4 aromatic rings. The van der Waals surface area contributed by atoms with Gasteiger partial charge in [-0.25, -0.2) is 0 Å². The third-order valence-corrected chi connectivity index (χ3v) is 4.91. The molecule has 0 saturated carbocycles. The molecule has 0 radical (unpaired) electrons. The zero-order valence-corrected chi connectivity index (χ0v) is 14.4. The maximum atomic E-state index is 10.5. The highest BCUT2D eigenvalue weighted by molar-refractivity contribution is 5.92. The van der Waals surface area contributed by atoms with E-state index in [1.54, 1.807) is 18.2 Å². The van der Waals surface area contributed by atoms with Gasteiger partial charge in [-0.15, -0.1) is 0 Å². The molecule has 4 aromatic carbocycles. The number of benzene rings is 4. The van der Waals surface area contributed by atoms with Crippen LogP contribution >= 0.6 is 0 Å². The van der Waals surface area contributed by atoms with Gasteiger partial charge in [0.25, 0.3) is 0 Å². The van der Waals surface area contributed by atoms with Gasteiger partial charge in [-0.1, -0.05) is 48.0 Å². The number of phenols is 2. The minimum atomic E-state index is 0.257. The second kappa shape index (κ2) is 5.82. The molecule has 0 amide bonds. The molecule has 2 nitrogen and oxygen atoms in total. The van der Waals surface area contributed by atoms with Crippen LogP contribution in [0.4, 0.5) is 0 Å². The van der Waals surface area contributed by atoms with E-state index in [1.807, 2.05) is 25.1 Å². The number of aryl methyl sites for hydroxylation is 2. The van der Waals surface area contributed by atoms with Gasteiger partial charge < -0.3 is 10.2 Å². The molecule has 0 spiro atoms. The first-order valence-electron chi connectivity index (χ1n) is 8.45. The van der Waals surface area contributed by atoms with Crippen LogP contribution in [0, 0.1) is 13.8 Å². The van der Waals surface area contributed by atoms with Crippen LogP contribution in [0.3, 0.4) is 0 Å². The average Bonchev–Trinajstić information content (AvgIpc) is 2.58. The van der Waals surface area contributed by atoms with Crippen molar-refractivity contribution in [1.82, 2.24) is 0 Å². The first kappa shape index (κ1) is 15.5. The molecule has 0 atom stereocenters. The van der Waals surface area contributed by atoms with Crippen molar-refractivity contribution in [3.8, 4) is 11.5 Å². The molecule has 0 aliphatic rings. The predicted octanol–water partition coefficient (Wildman–Crippen LogP) is 5.61. The summed E-state index contributed by atoms with van der Waals surface area (Å²) in [5, 5.41) is 25.0. The zero-order chi connectivity index (χ0) is 17.6. The smallest absolute Gasteiger partial charge is 0.119 e. The van der Waals surface area contributed by atoms with Gasteiger partial charge in [-0.3, -0.25) is 0 Å². The predicted molar refractivity (Wildman–Crippen MR) is 104 cm³/mol. The quantitative estimate of drug-likeness (QED) is 0.502. The molecule has 0 aliphatic heterocycles. The van der Waals surface area contributed by atoms with Crippen LogP contribution in [0.2, 0.25) is 0 Å². The molecule has 124 valence electrons. The Morgan fingerprint density at radius 1 is 0.760 bits per heavy atom. The van der Waals surface area contributed by atoms with E-state index >= 15 is 0 Å². The second-order valence-electron chi connectivity index (χ2n) is 6.74. The lowest BCUT2D eigenvalue weighted by atomic mass is 9.92. The largest absolute Gasteiger partial charge is 0.508 e. The molecule has 0 aliphatic carbocycles. The summed E-state index contributed by atoms with van der Waals surface area (Å²) in [4.78, 5) is 0. The lowest BCUT2D eigenvalue weighted by molar-refractivity contribution is 0.469.